The average Bonchev–Trinajstić information content (AvgIpc) is 2.38. The third kappa shape index (κ3) is 2.47. The minimum Gasteiger partial charge on any atom is -0.201 e. The Kier molecular flexibility index (Phi) is 2.46. The molecule has 1 heterocycles. The highest BCUT2D eigenvalue weighted by Gasteiger charge is 2.12. The van der Waals surface area contributed by atoms with Gasteiger partial charge in [-0.15, -0.1) is 0 Å². The molecule has 2 radical (unpaired) electrons. The molecule has 0 spiro atoms. The number of hydrogen-bond donors (Lipinski definition) is 0. The van der Waals surface area contributed by atoms with Crippen LogP contribution in [0.25, 0.3) is 11.3 Å². The number of nitrogens with zero attached hydrogens (tertiary/aromatic N) is 1. The zero-order valence-electron chi connectivity index (χ0n) is 13.4. The van der Waals surface area contributed by atoms with Gasteiger partial charge < -0.3 is 0 Å². The van der Waals surface area contributed by atoms with Gasteiger partial charge in [0, 0.05) is 15.7 Å². The van der Waals surface area contributed by atoms with Gasteiger partial charge in [-0.2, -0.15) is 0 Å². The Labute approximate surface area is 110 Å². The van der Waals surface area contributed by atoms with Gasteiger partial charge in [0.2, 0.25) is 5.69 Å². The van der Waals surface area contributed by atoms with Crippen molar-refractivity contribution in [1.29, 1.82) is 0 Å². The number of hydrogen-bond acceptors (Lipinski definition) is 0. The molecule has 2 aromatic rings. The number of aromatic nitrogens is 1. The van der Waals surface area contributed by atoms with E-state index in [1.54, 1.807) is 12.1 Å². The van der Waals surface area contributed by atoms with Crippen LogP contribution in [0.2, 0.25) is 6.55 Å². The molecular weight excluding hydrogens is 222 g/mol. The van der Waals surface area contributed by atoms with Gasteiger partial charge in [-0.3, -0.25) is 0 Å². The van der Waals surface area contributed by atoms with E-state index in [9.17, 15) is 0 Å². The summed E-state index contributed by atoms with van der Waals surface area (Å²) in [6.45, 7) is 2.07. The molecular formula is C15H18NSi+. The highest BCUT2D eigenvalue weighted by molar-refractivity contribution is 6.51. The van der Waals surface area contributed by atoms with E-state index in [-0.39, 0.29) is 0 Å². The quantitative estimate of drug-likeness (QED) is 0.562. The Morgan fingerprint density at radius 2 is 2.06 bits per heavy atom. The van der Waals surface area contributed by atoms with Crippen molar-refractivity contribution in [3.05, 3.63) is 47.7 Å². The second-order valence-corrected chi connectivity index (χ2v) is 5.27. The molecule has 0 unspecified atom stereocenters. The van der Waals surface area contributed by atoms with Crippen molar-refractivity contribution < 1.29 is 8.68 Å². The zero-order chi connectivity index (χ0) is 14.9. The SMILES string of the molecule is [2H]C([2H])([2H])c1ccc(-c2ccc([Si]C)c[n+]2C)c(C)c1. The maximum atomic E-state index is 7.47. The molecule has 0 fully saturated rings. The molecule has 0 aliphatic carbocycles. The lowest BCUT2D eigenvalue weighted by Gasteiger charge is -2.06. The van der Waals surface area contributed by atoms with Gasteiger partial charge in [-0.1, -0.05) is 30.3 Å². The van der Waals surface area contributed by atoms with E-state index in [4.69, 9.17) is 4.11 Å². The van der Waals surface area contributed by atoms with Crippen LogP contribution in [0.5, 0.6) is 0 Å². The Morgan fingerprint density at radius 3 is 2.65 bits per heavy atom. The minimum atomic E-state index is -2.04. The van der Waals surface area contributed by atoms with Gasteiger partial charge in [0.25, 0.3) is 0 Å². The topological polar surface area (TPSA) is 3.88 Å². The molecule has 1 aromatic heterocycles. The monoisotopic (exact) mass is 243 g/mol. The lowest BCUT2D eigenvalue weighted by atomic mass is 10.0. The Balaban J connectivity index is 2.49. The highest BCUT2D eigenvalue weighted by Crippen LogP contribution is 2.20. The maximum absolute atomic E-state index is 7.47. The molecule has 0 aliphatic rings. The van der Waals surface area contributed by atoms with Crippen LogP contribution in [0.4, 0.5) is 0 Å². The first kappa shape index (κ1) is 8.64. The molecule has 1 aromatic carbocycles. The molecule has 1 nitrogen and oxygen atoms in total. The third-order valence-electron chi connectivity index (χ3n) is 2.92. The van der Waals surface area contributed by atoms with Crippen LogP contribution in [-0.2, 0) is 7.05 Å². The standard InChI is InChI=1S/C15H18NSi/c1-11-5-7-14(12(2)9-11)15-8-6-13(17-4)10-16(15)3/h5-10H,1-4H3/q+1/i1D3. The molecule has 2 rings (SSSR count). The first-order valence-corrected chi connectivity index (χ1v) is 7.12. The smallest absolute Gasteiger partial charge is 0.201 e. The maximum Gasteiger partial charge on any atom is 0.212 e. The number of rotatable bonds is 2. The molecule has 0 saturated heterocycles. The molecule has 0 aliphatic heterocycles. The second kappa shape index (κ2) is 4.84. The second-order valence-electron chi connectivity index (χ2n) is 4.19. The fourth-order valence-corrected chi connectivity index (χ4v) is 2.56. The van der Waals surface area contributed by atoms with Gasteiger partial charge in [0.15, 0.2) is 6.20 Å². The first-order valence-electron chi connectivity index (χ1n) is 7.12. The fourth-order valence-electron chi connectivity index (χ4n) is 1.99. The van der Waals surface area contributed by atoms with Crippen LogP contribution >= 0.6 is 0 Å². The average molecular weight is 243 g/mol. The van der Waals surface area contributed by atoms with E-state index < -0.39 is 6.85 Å². The Bertz CT molecular complexity index is 636. The minimum absolute atomic E-state index is 0.396. The molecule has 0 bridgehead atoms. The van der Waals surface area contributed by atoms with Gasteiger partial charge in [0.05, 0.1) is 9.52 Å². The summed E-state index contributed by atoms with van der Waals surface area (Å²) in [5.41, 5.74) is 3.56. The summed E-state index contributed by atoms with van der Waals surface area (Å²) in [4.78, 5) is 0. The van der Waals surface area contributed by atoms with Crippen molar-refractivity contribution in [3.63, 3.8) is 0 Å². The first-order chi connectivity index (χ1) is 9.32. The van der Waals surface area contributed by atoms with E-state index in [1.807, 2.05) is 20.0 Å². The predicted octanol–water partition coefficient (Wildman–Crippen LogP) is 2.17. The van der Waals surface area contributed by atoms with E-state index >= 15 is 0 Å². The largest absolute Gasteiger partial charge is 0.212 e. The highest BCUT2D eigenvalue weighted by atomic mass is 28.2. The molecule has 0 saturated carbocycles. The zero-order valence-corrected chi connectivity index (χ0v) is 11.4. The van der Waals surface area contributed by atoms with Crippen molar-refractivity contribution >= 4 is 14.7 Å². The normalized spacial score (nSPS) is 13.9. The van der Waals surface area contributed by atoms with Crippen molar-refractivity contribution in [2.75, 3.05) is 0 Å². The molecule has 2 heteroatoms. The number of pyridine rings is 1. The Morgan fingerprint density at radius 1 is 1.24 bits per heavy atom. The summed E-state index contributed by atoms with van der Waals surface area (Å²) in [5.74, 6) is 0. The van der Waals surface area contributed by atoms with Crippen LogP contribution in [-0.4, -0.2) is 9.52 Å². The summed E-state index contributed by atoms with van der Waals surface area (Å²) >= 11 is 0. The van der Waals surface area contributed by atoms with Crippen molar-refractivity contribution in [3.8, 4) is 11.3 Å². The molecule has 0 amide bonds. The molecule has 0 atom stereocenters. The van der Waals surface area contributed by atoms with Gasteiger partial charge in [-0.05, 0) is 30.6 Å². The summed E-state index contributed by atoms with van der Waals surface area (Å²) in [6, 6.07) is 9.59. The Hall–Kier alpha value is -1.41. The molecule has 17 heavy (non-hydrogen) atoms. The molecule has 0 N–H and O–H groups in total. The van der Waals surface area contributed by atoms with Crippen molar-refractivity contribution in [2.24, 2.45) is 7.05 Å². The summed E-state index contributed by atoms with van der Waals surface area (Å²) in [6.07, 6.45) is 2.13. The lowest BCUT2D eigenvalue weighted by Crippen LogP contribution is -2.36. The van der Waals surface area contributed by atoms with Crippen LogP contribution in [0.1, 0.15) is 15.2 Å². The van der Waals surface area contributed by atoms with Gasteiger partial charge >= 0.3 is 0 Å². The fraction of sp³-hybridized carbons (Fsp3) is 0.267. The van der Waals surface area contributed by atoms with Crippen LogP contribution < -0.4 is 9.75 Å². The predicted molar refractivity (Wildman–Crippen MR) is 73.8 cm³/mol. The van der Waals surface area contributed by atoms with Crippen LogP contribution in [0.3, 0.4) is 0 Å². The van der Waals surface area contributed by atoms with Crippen LogP contribution in [0, 0.1) is 13.8 Å². The number of aryl methyl sites for hydroxylation is 3. The summed E-state index contributed by atoms with van der Waals surface area (Å²) in [5, 5.41) is 1.31. The van der Waals surface area contributed by atoms with E-state index in [0.29, 0.717) is 5.56 Å². The summed E-state index contributed by atoms with van der Waals surface area (Å²) in [7, 11) is 2.80. The molecule has 86 valence electrons. The van der Waals surface area contributed by atoms with Gasteiger partial charge in [-0.25, -0.2) is 4.57 Å². The summed E-state index contributed by atoms with van der Waals surface area (Å²) < 4.78 is 24.5. The van der Waals surface area contributed by atoms with Gasteiger partial charge in [0.1, 0.15) is 7.05 Å². The lowest BCUT2D eigenvalue weighted by molar-refractivity contribution is -0.659. The van der Waals surface area contributed by atoms with E-state index in [1.165, 1.54) is 5.19 Å². The van der Waals surface area contributed by atoms with E-state index in [0.717, 1.165) is 26.3 Å². The van der Waals surface area contributed by atoms with E-state index in [2.05, 4.69) is 29.4 Å². The van der Waals surface area contributed by atoms with Crippen molar-refractivity contribution in [2.45, 2.75) is 20.3 Å². The number of benzene rings is 1. The van der Waals surface area contributed by atoms with Crippen molar-refractivity contribution in [1.82, 2.24) is 0 Å². The third-order valence-corrected chi connectivity index (χ3v) is 3.80. The van der Waals surface area contributed by atoms with Crippen LogP contribution in [0.15, 0.2) is 36.5 Å².